The average molecular weight is 392 g/mol. The summed E-state index contributed by atoms with van der Waals surface area (Å²) in [6.45, 7) is 0.424. The highest BCUT2D eigenvalue weighted by molar-refractivity contribution is 5.95. The van der Waals surface area contributed by atoms with Crippen LogP contribution >= 0.6 is 0 Å². The Bertz CT molecular complexity index is 753. The second-order valence-corrected chi connectivity index (χ2v) is 5.09. The Balaban J connectivity index is 2.79. The second kappa shape index (κ2) is 8.82. The molecule has 27 heavy (non-hydrogen) atoms. The molecule has 1 rings (SSSR count). The Morgan fingerprint density at radius 3 is 2.44 bits per heavy atom. The van der Waals surface area contributed by atoms with Crippen molar-refractivity contribution in [1.29, 1.82) is 0 Å². The fraction of sp³-hybridized carbons (Fsp3) is 0.357. The van der Waals surface area contributed by atoms with E-state index in [1.54, 1.807) is 0 Å². The number of benzene rings is 1. The maximum absolute atomic E-state index is 12.7. The highest BCUT2D eigenvalue weighted by Crippen LogP contribution is 2.35. The Hall–Kier alpha value is -3.38. The van der Waals surface area contributed by atoms with Gasteiger partial charge in [-0.2, -0.15) is 13.2 Å². The molecule has 10 nitrogen and oxygen atoms in total. The molecule has 0 bridgehead atoms. The first kappa shape index (κ1) is 21.7. The van der Waals surface area contributed by atoms with Crippen molar-refractivity contribution in [2.45, 2.75) is 19.1 Å². The monoisotopic (exact) mass is 392 g/mol. The fourth-order valence-electron chi connectivity index (χ4n) is 1.76. The number of halogens is 3. The lowest BCUT2D eigenvalue weighted by atomic mass is 10.1. The number of carbonyl (C=O) groups is 3. The summed E-state index contributed by atoms with van der Waals surface area (Å²) in [6.07, 6.45) is -4.77. The van der Waals surface area contributed by atoms with Crippen LogP contribution in [-0.2, 0) is 20.5 Å². The summed E-state index contributed by atoms with van der Waals surface area (Å²) in [4.78, 5) is 44.0. The molecule has 0 radical (unpaired) electrons. The topological polar surface area (TPSA) is 140 Å². The molecule has 0 aliphatic heterocycles. The first-order valence-corrected chi connectivity index (χ1v) is 7.26. The maximum atomic E-state index is 12.7. The first-order chi connectivity index (χ1) is 12.5. The number of imide groups is 1. The van der Waals surface area contributed by atoms with Gasteiger partial charge in [-0.3, -0.25) is 20.2 Å². The summed E-state index contributed by atoms with van der Waals surface area (Å²) in [5.41, 5.74) is -2.45. The van der Waals surface area contributed by atoms with E-state index in [1.165, 1.54) is 14.0 Å². The number of hydrogen-bond donors (Lipinski definition) is 3. The van der Waals surface area contributed by atoms with Gasteiger partial charge in [-0.15, -0.1) is 0 Å². The molecule has 0 unspecified atom stereocenters. The van der Waals surface area contributed by atoms with Gasteiger partial charge in [0, 0.05) is 13.1 Å². The number of alkyl halides is 3. The quantitative estimate of drug-likeness (QED) is 0.378. The minimum absolute atomic E-state index is 0.331. The summed E-state index contributed by atoms with van der Waals surface area (Å²) in [6, 6.07) is -0.291. The zero-order valence-corrected chi connectivity index (χ0v) is 14.0. The van der Waals surface area contributed by atoms with E-state index >= 15 is 0 Å². The first-order valence-electron chi connectivity index (χ1n) is 7.26. The predicted octanol–water partition coefficient (Wildman–Crippen LogP) is 1.41. The van der Waals surface area contributed by atoms with E-state index < -0.39 is 52.9 Å². The van der Waals surface area contributed by atoms with Crippen LogP contribution in [0.1, 0.15) is 12.5 Å². The van der Waals surface area contributed by atoms with Crippen LogP contribution in [0.2, 0.25) is 0 Å². The molecule has 1 aromatic rings. The molecule has 13 heteroatoms. The molecular weight excluding hydrogens is 377 g/mol. The number of nitro benzene ring substituents is 1. The number of anilines is 1. The summed E-state index contributed by atoms with van der Waals surface area (Å²) < 4.78 is 42.6. The van der Waals surface area contributed by atoms with E-state index in [1.807, 2.05) is 5.32 Å². The summed E-state index contributed by atoms with van der Waals surface area (Å²) in [7, 11) is 1.26. The van der Waals surface area contributed by atoms with Gasteiger partial charge in [0.05, 0.1) is 10.5 Å². The number of hydrogen-bond acceptors (Lipinski definition) is 7. The molecule has 0 heterocycles. The van der Waals surface area contributed by atoms with Crippen LogP contribution in [0.4, 0.5) is 29.3 Å². The molecule has 0 fully saturated rings. The number of esters is 1. The molecule has 1 aromatic carbocycles. The van der Waals surface area contributed by atoms with E-state index in [-0.39, 0.29) is 5.69 Å². The number of nitrogens with one attached hydrogen (secondary N) is 3. The van der Waals surface area contributed by atoms with Crippen LogP contribution in [0.15, 0.2) is 18.2 Å². The molecule has 0 spiro atoms. The molecule has 0 aliphatic rings. The van der Waals surface area contributed by atoms with Crippen LogP contribution in [0, 0.1) is 10.1 Å². The molecule has 1 atom stereocenters. The summed E-state index contributed by atoms with van der Waals surface area (Å²) >= 11 is 0. The molecule has 148 valence electrons. The van der Waals surface area contributed by atoms with E-state index in [0.717, 1.165) is 6.07 Å². The lowest BCUT2D eigenvalue weighted by Crippen LogP contribution is -2.40. The third-order valence-electron chi connectivity index (χ3n) is 3.07. The van der Waals surface area contributed by atoms with Gasteiger partial charge < -0.3 is 15.4 Å². The largest absolute Gasteiger partial charge is 0.454 e. The van der Waals surface area contributed by atoms with Gasteiger partial charge in [-0.1, -0.05) is 0 Å². The third kappa shape index (κ3) is 6.45. The number of amides is 3. The van der Waals surface area contributed by atoms with Crippen LogP contribution in [0.3, 0.4) is 0 Å². The van der Waals surface area contributed by atoms with Gasteiger partial charge in [0.25, 0.3) is 11.6 Å². The highest BCUT2D eigenvalue weighted by Gasteiger charge is 2.33. The van der Waals surface area contributed by atoms with Crippen molar-refractivity contribution in [2.24, 2.45) is 0 Å². The number of nitro groups is 1. The molecule has 3 N–H and O–H groups in total. The van der Waals surface area contributed by atoms with Crippen molar-refractivity contribution in [3.63, 3.8) is 0 Å². The van der Waals surface area contributed by atoms with Crippen LogP contribution < -0.4 is 16.0 Å². The Kier molecular flexibility index (Phi) is 7.08. The number of ether oxygens (including phenoxy) is 1. The normalized spacial score (nSPS) is 11.9. The van der Waals surface area contributed by atoms with Gasteiger partial charge in [0.1, 0.15) is 11.7 Å². The second-order valence-electron chi connectivity index (χ2n) is 5.09. The number of rotatable bonds is 6. The number of carbonyl (C=O) groups excluding carboxylic acids is 3. The maximum Gasteiger partial charge on any atom is 0.416 e. The summed E-state index contributed by atoms with van der Waals surface area (Å²) in [5, 5.41) is 17.3. The van der Waals surface area contributed by atoms with E-state index in [0.29, 0.717) is 12.1 Å². The van der Waals surface area contributed by atoms with Crippen LogP contribution in [-0.4, -0.2) is 42.5 Å². The Labute approximate surface area is 150 Å². The lowest BCUT2D eigenvalue weighted by Gasteiger charge is -2.15. The van der Waals surface area contributed by atoms with Gasteiger partial charge in [0.2, 0.25) is 0 Å². The standard InChI is InChI=1S/C14H15F3N4O6/c1-7(12(23)27-6-11(22)20-13(24)18-2)19-9-4-3-8(14(15,16)17)5-10(9)21(25)26/h3-5,7,19H,6H2,1-2H3,(H2,18,20,22,24)/t7-/m0/s1. The molecule has 0 saturated carbocycles. The van der Waals surface area contributed by atoms with Gasteiger partial charge >= 0.3 is 18.2 Å². The van der Waals surface area contributed by atoms with Crippen LogP contribution in [0.25, 0.3) is 0 Å². The van der Waals surface area contributed by atoms with Crippen molar-refractivity contribution >= 4 is 29.3 Å². The SMILES string of the molecule is CNC(=O)NC(=O)COC(=O)[C@H](C)Nc1ccc(C(F)(F)F)cc1[N+](=O)[O-]. The van der Waals surface area contributed by atoms with Gasteiger partial charge in [-0.25, -0.2) is 9.59 Å². The molecular formula is C14H15F3N4O6. The Morgan fingerprint density at radius 1 is 1.30 bits per heavy atom. The van der Waals surface area contributed by atoms with E-state index in [2.05, 4.69) is 15.4 Å². The minimum Gasteiger partial charge on any atom is -0.454 e. The van der Waals surface area contributed by atoms with Crippen molar-refractivity contribution in [3.8, 4) is 0 Å². The fourth-order valence-corrected chi connectivity index (χ4v) is 1.76. The highest BCUT2D eigenvalue weighted by atomic mass is 19.4. The molecule has 0 aromatic heterocycles. The van der Waals surface area contributed by atoms with Gasteiger partial charge in [-0.05, 0) is 19.1 Å². The third-order valence-corrected chi connectivity index (χ3v) is 3.07. The minimum atomic E-state index is -4.77. The van der Waals surface area contributed by atoms with Crippen molar-refractivity contribution in [1.82, 2.24) is 10.6 Å². The zero-order valence-electron chi connectivity index (χ0n) is 14.0. The number of nitrogens with zero attached hydrogens (tertiary/aromatic N) is 1. The van der Waals surface area contributed by atoms with Crippen molar-refractivity contribution < 1.29 is 37.2 Å². The predicted molar refractivity (Wildman–Crippen MR) is 84.7 cm³/mol. The Morgan fingerprint density at radius 2 is 1.93 bits per heavy atom. The lowest BCUT2D eigenvalue weighted by molar-refractivity contribution is -0.384. The van der Waals surface area contributed by atoms with Crippen LogP contribution in [0.5, 0.6) is 0 Å². The molecule has 0 aliphatic carbocycles. The van der Waals surface area contributed by atoms with E-state index in [4.69, 9.17) is 0 Å². The number of urea groups is 1. The summed E-state index contributed by atoms with van der Waals surface area (Å²) in [5.74, 6) is -1.94. The van der Waals surface area contributed by atoms with E-state index in [9.17, 15) is 37.7 Å². The van der Waals surface area contributed by atoms with Crippen molar-refractivity contribution in [3.05, 3.63) is 33.9 Å². The van der Waals surface area contributed by atoms with Crippen molar-refractivity contribution in [2.75, 3.05) is 19.0 Å². The van der Waals surface area contributed by atoms with Gasteiger partial charge in [0.15, 0.2) is 6.61 Å². The zero-order chi connectivity index (χ0) is 20.8. The molecule has 0 saturated heterocycles. The average Bonchev–Trinajstić information content (AvgIpc) is 2.58. The smallest absolute Gasteiger partial charge is 0.416 e. The molecule has 3 amide bonds.